The van der Waals surface area contributed by atoms with E-state index in [4.69, 9.17) is 0 Å². The third-order valence-corrected chi connectivity index (χ3v) is 5.85. The third kappa shape index (κ3) is 3.01. The molecule has 0 radical (unpaired) electrons. The maximum Gasteiger partial charge on any atom is 0.322 e. The summed E-state index contributed by atoms with van der Waals surface area (Å²) < 4.78 is 1.76. The number of anilines is 1. The van der Waals surface area contributed by atoms with Crippen LogP contribution >= 0.6 is 0 Å². The molecule has 0 bridgehead atoms. The highest BCUT2D eigenvalue weighted by atomic mass is 16.2. The molecule has 6 nitrogen and oxygen atoms in total. The molecule has 2 saturated carbocycles. The van der Waals surface area contributed by atoms with Crippen molar-refractivity contribution in [1.82, 2.24) is 19.7 Å². The molecule has 0 unspecified atom stereocenters. The van der Waals surface area contributed by atoms with Crippen molar-refractivity contribution in [2.45, 2.75) is 38.1 Å². The number of aromatic nitrogens is 3. The van der Waals surface area contributed by atoms with E-state index in [0.29, 0.717) is 6.04 Å². The molecule has 0 spiro atoms. The minimum Gasteiger partial charge on any atom is -0.321 e. The highest BCUT2D eigenvalue weighted by molar-refractivity contribution is 5.89. The number of rotatable bonds is 4. The van der Waals surface area contributed by atoms with Gasteiger partial charge in [0.05, 0.1) is 23.8 Å². The van der Waals surface area contributed by atoms with Crippen molar-refractivity contribution in [2.24, 2.45) is 17.8 Å². The Labute approximate surface area is 147 Å². The van der Waals surface area contributed by atoms with Crippen LogP contribution in [0.15, 0.2) is 36.9 Å². The van der Waals surface area contributed by atoms with Crippen molar-refractivity contribution in [1.29, 1.82) is 0 Å². The molecular weight excluding hydrogens is 314 g/mol. The van der Waals surface area contributed by atoms with Gasteiger partial charge in [0.25, 0.3) is 0 Å². The van der Waals surface area contributed by atoms with E-state index in [9.17, 15) is 4.79 Å². The van der Waals surface area contributed by atoms with Gasteiger partial charge in [-0.25, -0.2) is 9.48 Å². The largest absolute Gasteiger partial charge is 0.322 e. The van der Waals surface area contributed by atoms with Crippen LogP contribution in [-0.2, 0) is 0 Å². The first-order valence-corrected chi connectivity index (χ1v) is 9.30. The number of urea groups is 1. The first kappa shape index (κ1) is 14.9. The van der Waals surface area contributed by atoms with E-state index >= 15 is 0 Å². The van der Waals surface area contributed by atoms with E-state index < -0.39 is 0 Å². The van der Waals surface area contributed by atoms with Crippen LogP contribution in [0.4, 0.5) is 10.5 Å². The fourth-order valence-corrected chi connectivity index (χ4v) is 4.19. The van der Waals surface area contributed by atoms with Crippen LogP contribution in [0, 0.1) is 17.8 Å². The Morgan fingerprint density at radius 1 is 1.08 bits per heavy atom. The lowest BCUT2D eigenvalue weighted by atomic mass is 9.98. The lowest BCUT2D eigenvalue weighted by Crippen LogP contribution is -2.40. The predicted octanol–water partition coefficient (Wildman–Crippen LogP) is 3.31. The summed E-state index contributed by atoms with van der Waals surface area (Å²) in [4.78, 5) is 19.0. The van der Waals surface area contributed by atoms with Gasteiger partial charge < -0.3 is 10.2 Å². The Balaban J connectivity index is 1.29. The van der Waals surface area contributed by atoms with E-state index in [1.807, 2.05) is 18.3 Å². The smallest absolute Gasteiger partial charge is 0.321 e. The maximum absolute atomic E-state index is 12.9. The highest BCUT2D eigenvalue weighted by Crippen LogP contribution is 2.48. The van der Waals surface area contributed by atoms with Gasteiger partial charge in [-0.2, -0.15) is 5.10 Å². The molecule has 3 fully saturated rings. The van der Waals surface area contributed by atoms with E-state index in [1.54, 1.807) is 23.3 Å². The summed E-state index contributed by atoms with van der Waals surface area (Å²) in [6.07, 6.45) is 13.5. The summed E-state index contributed by atoms with van der Waals surface area (Å²) in [5.74, 6) is 2.32. The summed E-state index contributed by atoms with van der Waals surface area (Å²) in [5, 5.41) is 7.40. The minimum absolute atomic E-state index is 0.0364. The quantitative estimate of drug-likeness (QED) is 0.931. The number of carbonyl (C=O) groups excluding carboxylic acids is 1. The molecule has 2 amide bonds. The van der Waals surface area contributed by atoms with Crippen LogP contribution in [-0.4, -0.2) is 38.3 Å². The molecule has 6 heteroatoms. The zero-order chi connectivity index (χ0) is 16.8. The molecular formula is C19H23N5O. The molecule has 3 heterocycles. The highest BCUT2D eigenvalue weighted by Gasteiger charge is 2.47. The Bertz CT molecular complexity index is 765. The second-order valence-electron chi connectivity index (χ2n) is 7.70. The number of hydrogen-bond acceptors (Lipinski definition) is 3. The molecule has 5 rings (SSSR count). The lowest BCUT2D eigenvalue weighted by Gasteiger charge is -2.24. The monoisotopic (exact) mass is 337 g/mol. The third-order valence-electron chi connectivity index (χ3n) is 5.85. The predicted molar refractivity (Wildman–Crippen MR) is 94.4 cm³/mol. The summed E-state index contributed by atoms with van der Waals surface area (Å²) in [6.45, 7) is 0.927. The fourth-order valence-electron chi connectivity index (χ4n) is 4.19. The number of nitrogens with one attached hydrogen (secondary N) is 1. The Morgan fingerprint density at radius 2 is 1.84 bits per heavy atom. The van der Waals surface area contributed by atoms with E-state index in [2.05, 4.69) is 20.3 Å². The molecule has 130 valence electrons. The number of carbonyl (C=O) groups is 1. The SMILES string of the molecule is O=C(Nc1cnn(-c2ccncc2)c1)N1C[C@H](C2CC2)C[C@@H]1C1CC1. The molecule has 2 aromatic heterocycles. The Hall–Kier alpha value is -2.37. The van der Waals surface area contributed by atoms with E-state index in [0.717, 1.165) is 35.7 Å². The molecule has 1 aliphatic heterocycles. The average molecular weight is 337 g/mol. The lowest BCUT2D eigenvalue weighted by molar-refractivity contribution is 0.199. The second-order valence-corrected chi connectivity index (χ2v) is 7.70. The summed E-state index contributed by atoms with van der Waals surface area (Å²) in [5.41, 5.74) is 1.67. The van der Waals surface area contributed by atoms with Crippen molar-refractivity contribution < 1.29 is 4.79 Å². The van der Waals surface area contributed by atoms with Gasteiger partial charge in [0, 0.05) is 25.0 Å². The number of likely N-dealkylation sites (tertiary alicyclic amines) is 1. The first-order valence-electron chi connectivity index (χ1n) is 9.30. The first-order chi connectivity index (χ1) is 12.3. The number of nitrogens with zero attached hydrogens (tertiary/aromatic N) is 4. The molecule has 25 heavy (non-hydrogen) atoms. The molecule has 1 N–H and O–H groups in total. The molecule has 2 aromatic rings. The average Bonchev–Trinajstić information content (AvgIpc) is 3.57. The summed E-state index contributed by atoms with van der Waals surface area (Å²) in [6, 6.07) is 4.26. The maximum atomic E-state index is 12.9. The van der Waals surface area contributed by atoms with Gasteiger partial charge in [-0.15, -0.1) is 0 Å². The van der Waals surface area contributed by atoms with Gasteiger partial charge in [-0.1, -0.05) is 0 Å². The molecule has 1 saturated heterocycles. The molecule has 2 aliphatic carbocycles. The van der Waals surface area contributed by atoms with Crippen LogP contribution in [0.5, 0.6) is 0 Å². The van der Waals surface area contributed by atoms with Crippen LogP contribution < -0.4 is 5.32 Å². The van der Waals surface area contributed by atoms with Crippen LogP contribution in [0.3, 0.4) is 0 Å². The normalized spacial score (nSPS) is 26.0. The van der Waals surface area contributed by atoms with Gasteiger partial charge in [-0.3, -0.25) is 4.98 Å². The molecule has 2 atom stereocenters. The van der Waals surface area contributed by atoms with Gasteiger partial charge in [0.15, 0.2) is 0 Å². The van der Waals surface area contributed by atoms with E-state index in [-0.39, 0.29) is 6.03 Å². The van der Waals surface area contributed by atoms with Gasteiger partial charge in [-0.05, 0) is 62.0 Å². The summed E-state index contributed by atoms with van der Waals surface area (Å²) >= 11 is 0. The van der Waals surface area contributed by atoms with Crippen molar-refractivity contribution in [3.8, 4) is 5.69 Å². The number of amides is 2. The van der Waals surface area contributed by atoms with Crippen LogP contribution in [0.2, 0.25) is 0 Å². The van der Waals surface area contributed by atoms with Gasteiger partial charge >= 0.3 is 6.03 Å². The van der Waals surface area contributed by atoms with Crippen molar-refractivity contribution in [3.05, 3.63) is 36.9 Å². The zero-order valence-corrected chi connectivity index (χ0v) is 14.2. The van der Waals surface area contributed by atoms with Crippen LogP contribution in [0.25, 0.3) is 5.69 Å². The van der Waals surface area contributed by atoms with Gasteiger partial charge in [0.1, 0.15) is 0 Å². The van der Waals surface area contributed by atoms with Crippen molar-refractivity contribution >= 4 is 11.7 Å². The second kappa shape index (κ2) is 5.86. The zero-order valence-electron chi connectivity index (χ0n) is 14.2. The van der Waals surface area contributed by atoms with Crippen molar-refractivity contribution in [2.75, 3.05) is 11.9 Å². The topological polar surface area (TPSA) is 63.1 Å². The van der Waals surface area contributed by atoms with E-state index in [1.165, 1.54) is 32.1 Å². The number of pyridine rings is 1. The van der Waals surface area contributed by atoms with Crippen LogP contribution in [0.1, 0.15) is 32.1 Å². The summed E-state index contributed by atoms with van der Waals surface area (Å²) in [7, 11) is 0. The molecule has 0 aromatic carbocycles. The van der Waals surface area contributed by atoms with Gasteiger partial charge in [0.2, 0.25) is 0 Å². The minimum atomic E-state index is 0.0364. The Morgan fingerprint density at radius 3 is 2.56 bits per heavy atom. The number of hydrogen-bond donors (Lipinski definition) is 1. The van der Waals surface area contributed by atoms with Crippen molar-refractivity contribution in [3.63, 3.8) is 0 Å². The fraction of sp³-hybridized carbons (Fsp3) is 0.526. The molecule has 3 aliphatic rings. The standard InChI is InChI=1S/C19H23N5O/c25-19(22-16-10-21-24(12-16)17-5-7-20-8-6-17)23-11-15(13-1-2-13)9-18(23)14-3-4-14/h5-8,10,12-15,18H,1-4,9,11H2,(H,22,25)/t15-,18-/m1/s1. The Kier molecular flexibility index (Phi) is 3.50.